The first kappa shape index (κ1) is 13.7. The fourth-order valence-electron chi connectivity index (χ4n) is 1.53. The lowest BCUT2D eigenvalue weighted by Crippen LogP contribution is -2.07. The van der Waals surface area contributed by atoms with Crippen LogP contribution in [0.15, 0.2) is 30.4 Å². The maximum Gasteiger partial charge on any atom is 0.221 e. The maximum atomic E-state index is 11.0. The summed E-state index contributed by atoms with van der Waals surface area (Å²) in [5.74, 6) is -0.205. The first-order valence-electron chi connectivity index (χ1n) is 5.54. The van der Waals surface area contributed by atoms with E-state index >= 15 is 0 Å². The third kappa shape index (κ3) is 3.59. The Labute approximate surface area is 106 Å². The molecule has 0 saturated heterocycles. The zero-order valence-electron chi connectivity index (χ0n) is 10.4. The van der Waals surface area contributed by atoms with Gasteiger partial charge in [-0.3, -0.25) is 9.59 Å². The number of hydrogen-bond acceptors (Lipinski definition) is 3. The van der Waals surface area contributed by atoms with Gasteiger partial charge in [0, 0.05) is 29.4 Å². The van der Waals surface area contributed by atoms with Crippen molar-refractivity contribution in [2.75, 3.05) is 11.1 Å². The number of nitrogen functional groups attached to an aromatic ring is 1. The number of benzene rings is 1. The van der Waals surface area contributed by atoms with Crippen LogP contribution in [0.5, 0.6) is 0 Å². The summed E-state index contributed by atoms with van der Waals surface area (Å²) >= 11 is 0. The highest BCUT2D eigenvalue weighted by Gasteiger charge is 2.06. The lowest BCUT2D eigenvalue weighted by Gasteiger charge is -2.08. The minimum absolute atomic E-state index is 0.205. The van der Waals surface area contributed by atoms with Crippen LogP contribution in [0.2, 0.25) is 0 Å². The number of allylic oxidation sites excluding steroid dienone is 3. The summed E-state index contributed by atoms with van der Waals surface area (Å²) < 4.78 is 0. The van der Waals surface area contributed by atoms with E-state index < -0.39 is 0 Å². The Bertz CT molecular complexity index is 517. The van der Waals surface area contributed by atoms with Crippen LogP contribution in [0.3, 0.4) is 0 Å². The van der Waals surface area contributed by atoms with Gasteiger partial charge in [0.2, 0.25) is 5.91 Å². The molecule has 0 unspecified atom stereocenters. The highest BCUT2D eigenvalue weighted by atomic mass is 16.1. The number of amides is 1. The Morgan fingerprint density at radius 2 is 2.06 bits per heavy atom. The number of nitrogens with one attached hydrogen (secondary N) is 1. The summed E-state index contributed by atoms with van der Waals surface area (Å²) in [7, 11) is 0. The van der Waals surface area contributed by atoms with Gasteiger partial charge in [-0.05, 0) is 19.1 Å². The third-order valence-corrected chi connectivity index (χ3v) is 2.26. The number of rotatable bonds is 4. The summed E-state index contributed by atoms with van der Waals surface area (Å²) in [6.07, 6.45) is 8.00. The quantitative estimate of drug-likeness (QED) is 0.486. The lowest BCUT2D eigenvalue weighted by atomic mass is 10.0. The van der Waals surface area contributed by atoms with E-state index in [1.54, 1.807) is 24.3 Å². The van der Waals surface area contributed by atoms with Gasteiger partial charge in [0.1, 0.15) is 0 Å². The van der Waals surface area contributed by atoms with E-state index in [0.29, 0.717) is 22.5 Å². The van der Waals surface area contributed by atoms with E-state index in [1.165, 1.54) is 6.92 Å². The monoisotopic (exact) mass is 244 g/mol. The number of nitrogens with two attached hydrogens (primary N) is 1. The van der Waals surface area contributed by atoms with E-state index in [-0.39, 0.29) is 5.91 Å². The second-order valence-corrected chi connectivity index (χ2v) is 3.75. The molecular formula is C14H16N2O2. The molecule has 0 aliphatic heterocycles. The van der Waals surface area contributed by atoms with E-state index in [0.717, 1.165) is 6.29 Å². The average Bonchev–Trinajstić information content (AvgIpc) is 2.30. The number of aldehydes is 1. The van der Waals surface area contributed by atoms with Crippen molar-refractivity contribution >= 4 is 29.6 Å². The van der Waals surface area contributed by atoms with Gasteiger partial charge in [-0.1, -0.05) is 24.3 Å². The van der Waals surface area contributed by atoms with Crippen LogP contribution in [0, 0.1) is 0 Å². The second-order valence-electron chi connectivity index (χ2n) is 3.75. The Hall–Kier alpha value is -2.36. The third-order valence-electron chi connectivity index (χ3n) is 2.26. The topological polar surface area (TPSA) is 72.2 Å². The standard InChI is InChI=1S/C14H16N2O2/c1-3-4-5-6-13-11(9-17)7-12(8-14(13)15)16-10(2)18/h3-9H,15H2,1-2H3,(H,16,18)/b4-3+,6-5+. The highest BCUT2D eigenvalue weighted by Crippen LogP contribution is 2.23. The number of carbonyl (C=O) groups is 2. The lowest BCUT2D eigenvalue weighted by molar-refractivity contribution is -0.114. The zero-order valence-corrected chi connectivity index (χ0v) is 10.4. The van der Waals surface area contributed by atoms with Gasteiger partial charge in [-0.15, -0.1) is 0 Å². The molecule has 18 heavy (non-hydrogen) atoms. The van der Waals surface area contributed by atoms with Gasteiger partial charge in [0.25, 0.3) is 0 Å². The minimum atomic E-state index is -0.205. The Morgan fingerprint density at radius 1 is 1.33 bits per heavy atom. The van der Waals surface area contributed by atoms with E-state index in [9.17, 15) is 9.59 Å². The largest absolute Gasteiger partial charge is 0.398 e. The fraction of sp³-hybridized carbons (Fsp3) is 0.143. The summed E-state index contributed by atoms with van der Waals surface area (Å²) in [5.41, 5.74) is 7.93. The molecule has 1 rings (SSSR count). The molecule has 1 aromatic rings. The van der Waals surface area contributed by atoms with Crippen LogP contribution in [0.1, 0.15) is 29.8 Å². The van der Waals surface area contributed by atoms with Crippen LogP contribution in [-0.2, 0) is 4.79 Å². The van der Waals surface area contributed by atoms with Crippen molar-refractivity contribution in [3.63, 3.8) is 0 Å². The molecular weight excluding hydrogens is 228 g/mol. The molecule has 4 nitrogen and oxygen atoms in total. The molecule has 4 heteroatoms. The Balaban J connectivity index is 3.19. The molecule has 0 fully saturated rings. The van der Waals surface area contributed by atoms with Crippen molar-refractivity contribution in [2.24, 2.45) is 0 Å². The highest BCUT2D eigenvalue weighted by molar-refractivity contribution is 5.94. The molecule has 0 radical (unpaired) electrons. The SMILES string of the molecule is C/C=C/C=C/c1c(N)cc(NC(C)=O)cc1C=O. The minimum Gasteiger partial charge on any atom is -0.398 e. The average molecular weight is 244 g/mol. The van der Waals surface area contributed by atoms with Crippen molar-refractivity contribution in [3.8, 4) is 0 Å². The van der Waals surface area contributed by atoms with Crippen LogP contribution < -0.4 is 11.1 Å². The smallest absolute Gasteiger partial charge is 0.221 e. The number of anilines is 2. The normalized spacial score (nSPS) is 11.0. The van der Waals surface area contributed by atoms with Crippen LogP contribution in [-0.4, -0.2) is 12.2 Å². The Morgan fingerprint density at radius 3 is 2.61 bits per heavy atom. The van der Waals surface area contributed by atoms with Gasteiger partial charge in [-0.25, -0.2) is 0 Å². The van der Waals surface area contributed by atoms with Gasteiger partial charge in [0.15, 0.2) is 6.29 Å². The molecule has 0 heterocycles. The zero-order chi connectivity index (χ0) is 13.5. The van der Waals surface area contributed by atoms with Crippen LogP contribution in [0.4, 0.5) is 11.4 Å². The molecule has 1 aromatic carbocycles. The molecule has 3 N–H and O–H groups in total. The maximum absolute atomic E-state index is 11.0. The number of carbonyl (C=O) groups excluding carboxylic acids is 2. The predicted molar refractivity (Wildman–Crippen MR) is 74.4 cm³/mol. The molecule has 0 aliphatic carbocycles. The second kappa shape index (κ2) is 6.39. The van der Waals surface area contributed by atoms with Gasteiger partial charge >= 0.3 is 0 Å². The predicted octanol–water partition coefficient (Wildman–Crippen LogP) is 2.63. The molecule has 1 amide bonds. The molecule has 0 aromatic heterocycles. The number of hydrogen-bond donors (Lipinski definition) is 2. The molecule has 0 atom stereocenters. The van der Waals surface area contributed by atoms with Crippen LogP contribution >= 0.6 is 0 Å². The van der Waals surface area contributed by atoms with Crippen molar-refractivity contribution in [1.29, 1.82) is 0 Å². The summed E-state index contributed by atoms with van der Waals surface area (Å²) in [5, 5.41) is 2.60. The molecule has 0 saturated carbocycles. The Kier molecular flexibility index (Phi) is 4.87. The van der Waals surface area contributed by atoms with Crippen molar-refractivity contribution in [1.82, 2.24) is 0 Å². The van der Waals surface area contributed by atoms with E-state index in [1.807, 2.05) is 19.1 Å². The van der Waals surface area contributed by atoms with E-state index in [2.05, 4.69) is 5.32 Å². The van der Waals surface area contributed by atoms with Gasteiger partial charge in [-0.2, -0.15) is 0 Å². The van der Waals surface area contributed by atoms with Gasteiger partial charge < -0.3 is 11.1 Å². The van der Waals surface area contributed by atoms with E-state index in [4.69, 9.17) is 5.73 Å². The summed E-state index contributed by atoms with van der Waals surface area (Å²) in [6.45, 7) is 3.30. The van der Waals surface area contributed by atoms with Gasteiger partial charge in [0.05, 0.1) is 0 Å². The molecule has 0 aliphatic rings. The molecule has 0 spiro atoms. The van der Waals surface area contributed by atoms with Crippen LogP contribution in [0.25, 0.3) is 6.08 Å². The first-order valence-corrected chi connectivity index (χ1v) is 5.54. The fourth-order valence-corrected chi connectivity index (χ4v) is 1.53. The van der Waals surface area contributed by atoms with Crippen molar-refractivity contribution < 1.29 is 9.59 Å². The first-order chi connectivity index (χ1) is 8.58. The summed E-state index contributed by atoms with van der Waals surface area (Å²) in [4.78, 5) is 22.0. The molecule has 94 valence electrons. The summed E-state index contributed by atoms with van der Waals surface area (Å²) in [6, 6.07) is 3.23. The molecule has 0 bridgehead atoms. The van der Waals surface area contributed by atoms with Crippen molar-refractivity contribution in [2.45, 2.75) is 13.8 Å². The van der Waals surface area contributed by atoms with Crippen molar-refractivity contribution in [3.05, 3.63) is 41.5 Å².